The van der Waals surface area contributed by atoms with Crippen LogP contribution in [0.1, 0.15) is 13.8 Å². The number of hydrogen-bond donors (Lipinski definition) is 1. The summed E-state index contributed by atoms with van der Waals surface area (Å²) in [6.45, 7) is 6.12. The molecule has 1 heterocycles. The number of nitrogens with zero attached hydrogens (tertiary/aromatic N) is 2. The van der Waals surface area contributed by atoms with Gasteiger partial charge in [0, 0.05) is 25.7 Å². The molecule has 1 aliphatic rings. The summed E-state index contributed by atoms with van der Waals surface area (Å²) in [7, 11) is 1.39. The third kappa shape index (κ3) is 2.71. The van der Waals surface area contributed by atoms with Crippen LogP contribution in [0.4, 0.5) is 0 Å². The molecule has 90 valence electrons. The van der Waals surface area contributed by atoms with Gasteiger partial charge in [0.05, 0.1) is 19.1 Å². The standard InChI is InChI=1S/C11H19N3O2/c1-8(11(15)16-3)9(2)14-5-4-13-7-10(14)6-12/h8-10,13H,4-5,7H2,1-3H3. The predicted octanol–water partition coefficient (Wildman–Crippen LogP) is -0.0186. The maximum atomic E-state index is 11.4. The minimum absolute atomic E-state index is 0.0270. The molecule has 1 rings (SSSR count). The second kappa shape index (κ2) is 5.83. The van der Waals surface area contributed by atoms with E-state index in [9.17, 15) is 4.79 Å². The molecule has 1 saturated heterocycles. The van der Waals surface area contributed by atoms with Crippen molar-refractivity contribution in [1.29, 1.82) is 5.26 Å². The van der Waals surface area contributed by atoms with Crippen LogP contribution in [0.2, 0.25) is 0 Å². The van der Waals surface area contributed by atoms with E-state index in [4.69, 9.17) is 10.00 Å². The van der Waals surface area contributed by atoms with Crippen LogP contribution in [0.3, 0.4) is 0 Å². The molecule has 0 aromatic heterocycles. The van der Waals surface area contributed by atoms with Crippen molar-refractivity contribution in [3.63, 3.8) is 0 Å². The van der Waals surface area contributed by atoms with Crippen molar-refractivity contribution in [2.24, 2.45) is 5.92 Å². The molecule has 0 radical (unpaired) electrons. The van der Waals surface area contributed by atoms with Gasteiger partial charge in [-0.2, -0.15) is 5.26 Å². The zero-order chi connectivity index (χ0) is 12.1. The number of nitriles is 1. The van der Waals surface area contributed by atoms with E-state index in [0.717, 1.165) is 13.1 Å². The van der Waals surface area contributed by atoms with E-state index in [1.54, 1.807) is 0 Å². The van der Waals surface area contributed by atoms with Crippen LogP contribution < -0.4 is 5.32 Å². The summed E-state index contributed by atoms with van der Waals surface area (Å²) in [6, 6.07) is 2.13. The molecule has 0 aliphatic carbocycles. The van der Waals surface area contributed by atoms with Gasteiger partial charge in [-0.05, 0) is 6.92 Å². The Morgan fingerprint density at radius 1 is 1.62 bits per heavy atom. The Labute approximate surface area is 96.4 Å². The van der Waals surface area contributed by atoms with Gasteiger partial charge in [0.25, 0.3) is 0 Å². The molecule has 5 heteroatoms. The monoisotopic (exact) mass is 225 g/mol. The minimum atomic E-state index is -0.220. The topological polar surface area (TPSA) is 65.4 Å². The van der Waals surface area contributed by atoms with E-state index in [1.807, 2.05) is 13.8 Å². The third-order valence-electron chi connectivity index (χ3n) is 3.25. The van der Waals surface area contributed by atoms with Gasteiger partial charge >= 0.3 is 5.97 Å². The molecular weight excluding hydrogens is 206 g/mol. The highest BCUT2D eigenvalue weighted by atomic mass is 16.5. The molecule has 0 amide bonds. The summed E-state index contributed by atoms with van der Waals surface area (Å²) in [5.74, 6) is -0.429. The summed E-state index contributed by atoms with van der Waals surface area (Å²) >= 11 is 0. The summed E-state index contributed by atoms with van der Waals surface area (Å²) in [5, 5.41) is 12.2. The van der Waals surface area contributed by atoms with Crippen molar-refractivity contribution in [3.8, 4) is 6.07 Å². The van der Waals surface area contributed by atoms with Crippen LogP contribution in [-0.2, 0) is 9.53 Å². The van der Waals surface area contributed by atoms with Crippen molar-refractivity contribution in [1.82, 2.24) is 10.2 Å². The number of rotatable bonds is 3. The van der Waals surface area contributed by atoms with Gasteiger partial charge in [0.15, 0.2) is 0 Å². The molecule has 1 aliphatic heterocycles. The molecule has 16 heavy (non-hydrogen) atoms. The average molecular weight is 225 g/mol. The fraction of sp³-hybridized carbons (Fsp3) is 0.818. The third-order valence-corrected chi connectivity index (χ3v) is 3.25. The number of nitrogens with one attached hydrogen (secondary N) is 1. The van der Waals surface area contributed by atoms with Gasteiger partial charge in [0.2, 0.25) is 0 Å². The van der Waals surface area contributed by atoms with Crippen LogP contribution in [0.5, 0.6) is 0 Å². The molecule has 1 fully saturated rings. The van der Waals surface area contributed by atoms with Crippen LogP contribution >= 0.6 is 0 Å². The molecule has 0 saturated carbocycles. The molecule has 0 bridgehead atoms. The first-order valence-electron chi connectivity index (χ1n) is 5.55. The van der Waals surface area contributed by atoms with Crippen molar-refractivity contribution in [2.45, 2.75) is 25.9 Å². The minimum Gasteiger partial charge on any atom is -0.469 e. The largest absolute Gasteiger partial charge is 0.469 e. The molecule has 5 nitrogen and oxygen atoms in total. The van der Waals surface area contributed by atoms with Crippen LogP contribution in [0.15, 0.2) is 0 Å². The summed E-state index contributed by atoms with van der Waals surface area (Å²) in [4.78, 5) is 13.5. The molecular formula is C11H19N3O2. The number of methoxy groups -OCH3 is 1. The zero-order valence-corrected chi connectivity index (χ0v) is 10.1. The lowest BCUT2D eigenvalue weighted by Gasteiger charge is -2.38. The van der Waals surface area contributed by atoms with Crippen molar-refractivity contribution in [2.75, 3.05) is 26.7 Å². The number of hydrogen-bond acceptors (Lipinski definition) is 5. The van der Waals surface area contributed by atoms with Gasteiger partial charge in [0.1, 0.15) is 6.04 Å². The summed E-state index contributed by atoms with van der Waals surface area (Å²) in [5.41, 5.74) is 0. The van der Waals surface area contributed by atoms with E-state index in [0.29, 0.717) is 6.54 Å². The van der Waals surface area contributed by atoms with E-state index in [1.165, 1.54) is 7.11 Å². The van der Waals surface area contributed by atoms with Crippen molar-refractivity contribution >= 4 is 5.97 Å². The lowest BCUT2D eigenvalue weighted by atomic mass is 9.99. The Balaban J connectivity index is 2.67. The van der Waals surface area contributed by atoms with E-state index in [-0.39, 0.29) is 24.0 Å². The first-order chi connectivity index (χ1) is 7.61. The Morgan fingerprint density at radius 3 is 2.88 bits per heavy atom. The van der Waals surface area contributed by atoms with E-state index < -0.39 is 0 Å². The van der Waals surface area contributed by atoms with Gasteiger partial charge in [-0.3, -0.25) is 9.69 Å². The van der Waals surface area contributed by atoms with Crippen molar-refractivity contribution < 1.29 is 9.53 Å². The first-order valence-corrected chi connectivity index (χ1v) is 5.55. The fourth-order valence-corrected chi connectivity index (χ4v) is 2.00. The molecule has 0 aromatic carbocycles. The SMILES string of the molecule is COC(=O)C(C)C(C)N1CCNCC1C#N. The quantitative estimate of drug-likeness (QED) is 0.684. The van der Waals surface area contributed by atoms with E-state index in [2.05, 4.69) is 16.3 Å². The highest BCUT2D eigenvalue weighted by molar-refractivity contribution is 5.72. The Hall–Kier alpha value is -1.12. The number of carbonyl (C=O) groups is 1. The normalized spacial score (nSPS) is 25.5. The number of esters is 1. The fourth-order valence-electron chi connectivity index (χ4n) is 2.00. The second-order valence-corrected chi connectivity index (χ2v) is 4.14. The molecule has 1 N–H and O–H groups in total. The number of piperazine rings is 1. The predicted molar refractivity (Wildman–Crippen MR) is 59.6 cm³/mol. The smallest absolute Gasteiger partial charge is 0.309 e. The van der Waals surface area contributed by atoms with Crippen molar-refractivity contribution in [3.05, 3.63) is 0 Å². The van der Waals surface area contributed by atoms with E-state index >= 15 is 0 Å². The molecule has 3 atom stereocenters. The number of carbonyl (C=O) groups excluding carboxylic acids is 1. The van der Waals surface area contributed by atoms with Gasteiger partial charge in [-0.25, -0.2) is 0 Å². The maximum Gasteiger partial charge on any atom is 0.309 e. The lowest BCUT2D eigenvalue weighted by Crippen LogP contribution is -2.56. The van der Waals surface area contributed by atoms with Crippen LogP contribution in [-0.4, -0.2) is 49.7 Å². The zero-order valence-electron chi connectivity index (χ0n) is 10.1. The maximum absolute atomic E-state index is 11.4. The Morgan fingerprint density at radius 2 is 2.31 bits per heavy atom. The first kappa shape index (κ1) is 12.9. The summed E-state index contributed by atoms with van der Waals surface area (Å²) < 4.78 is 4.73. The van der Waals surface area contributed by atoms with Crippen LogP contribution in [0.25, 0.3) is 0 Å². The Kier molecular flexibility index (Phi) is 4.71. The van der Waals surface area contributed by atoms with Crippen LogP contribution in [0, 0.1) is 17.2 Å². The second-order valence-electron chi connectivity index (χ2n) is 4.14. The Bertz CT molecular complexity index is 287. The van der Waals surface area contributed by atoms with Gasteiger partial charge in [-0.1, -0.05) is 6.92 Å². The molecule has 0 spiro atoms. The average Bonchev–Trinajstić information content (AvgIpc) is 2.35. The number of ether oxygens (including phenoxy) is 1. The summed E-state index contributed by atoms with van der Waals surface area (Å²) in [6.07, 6.45) is 0. The highest BCUT2D eigenvalue weighted by Gasteiger charge is 2.32. The van der Waals surface area contributed by atoms with Gasteiger partial charge < -0.3 is 10.1 Å². The van der Waals surface area contributed by atoms with Gasteiger partial charge in [-0.15, -0.1) is 0 Å². The molecule has 0 aromatic rings. The lowest BCUT2D eigenvalue weighted by molar-refractivity contribution is -0.147. The molecule has 3 unspecified atom stereocenters. The highest BCUT2D eigenvalue weighted by Crippen LogP contribution is 2.16.